The van der Waals surface area contributed by atoms with Crippen LogP contribution in [0.3, 0.4) is 0 Å². The second-order valence-corrected chi connectivity index (χ2v) is 5.79. The number of benzene rings is 1. The molecule has 0 aliphatic rings. The maximum absolute atomic E-state index is 11.9. The molecule has 0 radical (unpaired) electrons. The molecule has 0 bridgehead atoms. The Morgan fingerprint density at radius 2 is 2.29 bits per heavy atom. The van der Waals surface area contributed by atoms with Crippen LogP contribution in [0.25, 0.3) is 0 Å². The highest BCUT2D eigenvalue weighted by atomic mass is 79.9. The summed E-state index contributed by atoms with van der Waals surface area (Å²) in [7, 11) is 1.56. The molecule has 0 heterocycles. The highest BCUT2D eigenvalue weighted by Crippen LogP contribution is 2.23. The molecular formula is C12H16BrNO2S. The number of carbonyl (C=O) groups is 1. The fraction of sp³-hybridized carbons (Fsp3) is 0.417. The van der Waals surface area contributed by atoms with E-state index in [9.17, 15) is 4.79 Å². The lowest BCUT2D eigenvalue weighted by atomic mass is 10.2. The Bertz CT molecular complexity index is 398. The minimum absolute atomic E-state index is 0.102. The summed E-state index contributed by atoms with van der Waals surface area (Å²) in [5.74, 6) is 0.476. The Balaban J connectivity index is 2.75. The van der Waals surface area contributed by atoms with Gasteiger partial charge in [-0.1, -0.05) is 22.9 Å². The quantitative estimate of drug-likeness (QED) is 0.907. The SMILES string of the molecule is COc1cc(Br)ccc1C(=O)NCC(C)SC. The summed E-state index contributed by atoms with van der Waals surface area (Å²) >= 11 is 5.07. The number of rotatable bonds is 5. The summed E-state index contributed by atoms with van der Waals surface area (Å²) in [6.07, 6.45) is 2.02. The Labute approximate surface area is 114 Å². The number of nitrogens with one attached hydrogen (secondary N) is 1. The van der Waals surface area contributed by atoms with E-state index in [4.69, 9.17) is 4.74 Å². The van der Waals surface area contributed by atoms with Gasteiger partial charge < -0.3 is 10.1 Å². The average Bonchev–Trinajstić information content (AvgIpc) is 2.35. The van der Waals surface area contributed by atoms with Crippen molar-refractivity contribution in [2.45, 2.75) is 12.2 Å². The third kappa shape index (κ3) is 4.24. The lowest BCUT2D eigenvalue weighted by molar-refractivity contribution is 0.0951. The van der Waals surface area contributed by atoms with Crippen LogP contribution in [0, 0.1) is 0 Å². The number of hydrogen-bond donors (Lipinski definition) is 1. The highest BCUT2D eigenvalue weighted by Gasteiger charge is 2.12. The van der Waals surface area contributed by atoms with Gasteiger partial charge in [-0.2, -0.15) is 11.8 Å². The summed E-state index contributed by atoms with van der Waals surface area (Å²) in [5.41, 5.74) is 0.559. The number of hydrogen-bond acceptors (Lipinski definition) is 3. The molecule has 0 spiro atoms. The maximum Gasteiger partial charge on any atom is 0.255 e. The molecule has 17 heavy (non-hydrogen) atoms. The molecule has 1 aromatic carbocycles. The van der Waals surface area contributed by atoms with Gasteiger partial charge in [0, 0.05) is 16.3 Å². The molecule has 0 saturated heterocycles. The van der Waals surface area contributed by atoms with Gasteiger partial charge in [0.15, 0.2) is 0 Å². The predicted octanol–water partition coefficient (Wildman–Crippen LogP) is 2.94. The third-order valence-corrected chi connectivity index (χ3v) is 3.83. The molecule has 1 N–H and O–H groups in total. The minimum atomic E-state index is -0.102. The van der Waals surface area contributed by atoms with Gasteiger partial charge in [0.2, 0.25) is 0 Å². The zero-order valence-electron chi connectivity index (χ0n) is 10.1. The first kappa shape index (κ1) is 14.4. The predicted molar refractivity (Wildman–Crippen MR) is 76.0 cm³/mol. The normalized spacial score (nSPS) is 12.0. The van der Waals surface area contributed by atoms with Crippen LogP contribution in [-0.2, 0) is 0 Å². The van der Waals surface area contributed by atoms with Crippen molar-refractivity contribution >= 4 is 33.6 Å². The first-order valence-electron chi connectivity index (χ1n) is 5.23. The molecule has 1 atom stereocenters. The van der Waals surface area contributed by atoms with Crippen LogP contribution in [-0.4, -0.2) is 31.1 Å². The molecule has 0 saturated carbocycles. The van der Waals surface area contributed by atoms with E-state index in [0.29, 0.717) is 23.1 Å². The van der Waals surface area contributed by atoms with Crippen LogP contribution in [0.5, 0.6) is 5.75 Å². The van der Waals surface area contributed by atoms with Gasteiger partial charge in [0.05, 0.1) is 12.7 Å². The van der Waals surface area contributed by atoms with Gasteiger partial charge in [-0.05, 0) is 24.5 Å². The molecule has 3 nitrogen and oxygen atoms in total. The van der Waals surface area contributed by atoms with Crippen molar-refractivity contribution in [1.29, 1.82) is 0 Å². The molecule has 0 aromatic heterocycles. The Morgan fingerprint density at radius 1 is 1.59 bits per heavy atom. The van der Waals surface area contributed by atoms with Crippen molar-refractivity contribution in [3.63, 3.8) is 0 Å². The van der Waals surface area contributed by atoms with Gasteiger partial charge in [-0.3, -0.25) is 4.79 Å². The van der Waals surface area contributed by atoms with Crippen LogP contribution in [0.2, 0.25) is 0 Å². The van der Waals surface area contributed by atoms with Crippen molar-refractivity contribution in [3.05, 3.63) is 28.2 Å². The zero-order chi connectivity index (χ0) is 12.8. The summed E-state index contributed by atoms with van der Waals surface area (Å²) < 4.78 is 6.08. The van der Waals surface area contributed by atoms with E-state index < -0.39 is 0 Å². The molecular weight excluding hydrogens is 302 g/mol. The molecule has 0 fully saturated rings. The fourth-order valence-electron chi connectivity index (χ4n) is 1.27. The topological polar surface area (TPSA) is 38.3 Å². The van der Waals surface area contributed by atoms with E-state index in [2.05, 4.69) is 28.2 Å². The lowest BCUT2D eigenvalue weighted by Gasteiger charge is -2.12. The standard InChI is InChI=1S/C12H16BrNO2S/c1-8(17-3)7-14-12(15)10-5-4-9(13)6-11(10)16-2/h4-6,8H,7H2,1-3H3,(H,14,15). The largest absolute Gasteiger partial charge is 0.496 e. The van der Waals surface area contributed by atoms with E-state index in [1.165, 1.54) is 0 Å². The number of ether oxygens (including phenoxy) is 1. The number of halogens is 1. The summed E-state index contributed by atoms with van der Waals surface area (Å²) in [5, 5.41) is 3.29. The number of carbonyl (C=O) groups excluding carboxylic acids is 1. The van der Waals surface area contributed by atoms with Gasteiger partial charge in [0.25, 0.3) is 5.91 Å². The van der Waals surface area contributed by atoms with Crippen molar-refractivity contribution in [3.8, 4) is 5.75 Å². The minimum Gasteiger partial charge on any atom is -0.496 e. The van der Waals surface area contributed by atoms with Crippen molar-refractivity contribution in [1.82, 2.24) is 5.32 Å². The van der Waals surface area contributed by atoms with Crippen LogP contribution >= 0.6 is 27.7 Å². The van der Waals surface area contributed by atoms with E-state index in [1.807, 2.05) is 12.3 Å². The molecule has 5 heteroatoms. The van der Waals surface area contributed by atoms with Gasteiger partial charge >= 0.3 is 0 Å². The fourth-order valence-corrected chi connectivity index (χ4v) is 1.86. The summed E-state index contributed by atoms with van der Waals surface area (Å²) in [6.45, 7) is 2.73. The molecule has 94 valence electrons. The first-order chi connectivity index (χ1) is 8.08. The second-order valence-electron chi connectivity index (χ2n) is 3.60. The average molecular weight is 318 g/mol. The second kappa shape index (κ2) is 6.91. The smallest absolute Gasteiger partial charge is 0.255 e. The van der Waals surface area contributed by atoms with Crippen LogP contribution in [0.4, 0.5) is 0 Å². The molecule has 0 aliphatic carbocycles. The van der Waals surface area contributed by atoms with Crippen molar-refractivity contribution in [2.75, 3.05) is 19.9 Å². The Morgan fingerprint density at radius 3 is 2.88 bits per heavy atom. The Hall–Kier alpha value is -0.680. The number of methoxy groups -OCH3 is 1. The molecule has 1 rings (SSSR count). The maximum atomic E-state index is 11.9. The lowest BCUT2D eigenvalue weighted by Crippen LogP contribution is -2.29. The Kier molecular flexibility index (Phi) is 5.85. The van der Waals surface area contributed by atoms with Gasteiger partial charge in [-0.25, -0.2) is 0 Å². The first-order valence-corrected chi connectivity index (χ1v) is 7.31. The molecule has 1 amide bonds. The van der Waals surface area contributed by atoms with E-state index >= 15 is 0 Å². The summed E-state index contributed by atoms with van der Waals surface area (Å²) in [4.78, 5) is 11.9. The van der Waals surface area contributed by atoms with Crippen molar-refractivity contribution in [2.24, 2.45) is 0 Å². The van der Waals surface area contributed by atoms with Crippen molar-refractivity contribution < 1.29 is 9.53 Å². The van der Waals surface area contributed by atoms with Crippen LogP contribution in [0.15, 0.2) is 22.7 Å². The van der Waals surface area contributed by atoms with Gasteiger partial charge in [-0.15, -0.1) is 0 Å². The number of amides is 1. The molecule has 1 aromatic rings. The third-order valence-electron chi connectivity index (χ3n) is 2.36. The monoisotopic (exact) mass is 317 g/mol. The van der Waals surface area contributed by atoms with Crippen LogP contribution < -0.4 is 10.1 Å². The summed E-state index contributed by atoms with van der Waals surface area (Å²) in [6, 6.07) is 5.37. The van der Waals surface area contributed by atoms with Gasteiger partial charge in [0.1, 0.15) is 5.75 Å². The van der Waals surface area contributed by atoms with E-state index in [-0.39, 0.29) is 5.91 Å². The zero-order valence-corrected chi connectivity index (χ0v) is 12.5. The van der Waals surface area contributed by atoms with E-state index in [0.717, 1.165) is 4.47 Å². The molecule has 1 unspecified atom stereocenters. The molecule has 0 aliphatic heterocycles. The van der Waals surface area contributed by atoms with E-state index in [1.54, 1.807) is 31.0 Å². The van der Waals surface area contributed by atoms with Crippen LogP contribution in [0.1, 0.15) is 17.3 Å². The number of thioether (sulfide) groups is 1. The highest BCUT2D eigenvalue weighted by molar-refractivity contribution is 9.10.